The van der Waals surface area contributed by atoms with Gasteiger partial charge in [0.15, 0.2) is 11.3 Å². The van der Waals surface area contributed by atoms with Crippen LogP contribution in [0.4, 0.5) is 10.5 Å². The van der Waals surface area contributed by atoms with Crippen LogP contribution in [0, 0.1) is 15.0 Å². The number of amides is 1. The van der Waals surface area contributed by atoms with E-state index in [1.165, 1.54) is 0 Å². The minimum Gasteiger partial charge on any atom is -0.444 e. The molecule has 2 aromatic heterocycles. The number of anilines is 1. The second-order valence-corrected chi connectivity index (χ2v) is 9.48. The van der Waals surface area contributed by atoms with Crippen LogP contribution in [0.5, 0.6) is 0 Å². The maximum atomic E-state index is 12.3. The van der Waals surface area contributed by atoms with E-state index in [0.717, 1.165) is 33.6 Å². The molecule has 1 aliphatic heterocycles. The first-order valence-corrected chi connectivity index (χ1v) is 11.1. The average molecular weight is 530 g/mol. The van der Waals surface area contributed by atoms with Gasteiger partial charge in [0, 0.05) is 37.4 Å². The van der Waals surface area contributed by atoms with Crippen molar-refractivity contribution in [1.29, 1.82) is 5.26 Å². The lowest BCUT2D eigenvalue weighted by Crippen LogP contribution is -2.50. The summed E-state index contributed by atoms with van der Waals surface area (Å²) >= 11 is 2.14. The van der Waals surface area contributed by atoms with Crippen LogP contribution in [0.2, 0.25) is 0 Å². The summed E-state index contributed by atoms with van der Waals surface area (Å²) in [5, 5.41) is 14.0. The van der Waals surface area contributed by atoms with Gasteiger partial charge in [-0.15, -0.1) is 0 Å². The second-order valence-electron chi connectivity index (χ2n) is 8.37. The fraction of sp³-hybridized carbons (Fsp3) is 0.364. The SMILES string of the molecule is CC(C)(C)OC(=O)N1CCN(c2ccc(-c3cc4ncc(I)n4nc3C#N)cc2)CC1. The number of hydrogen-bond acceptors (Lipinski definition) is 6. The molecule has 1 amide bonds. The largest absolute Gasteiger partial charge is 0.444 e. The normalized spacial score (nSPS) is 14.5. The number of ether oxygens (including phenoxy) is 1. The van der Waals surface area contributed by atoms with E-state index in [-0.39, 0.29) is 6.09 Å². The van der Waals surface area contributed by atoms with Crippen molar-refractivity contribution in [3.63, 3.8) is 0 Å². The summed E-state index contributed by atoms with van der Waals surface area (Å²) < 4.78 is 7.99. The number of hydrogen-bond donors (Lipinski definition) is 0. The van der Waals surface area contributed by atoms with Crippen molar-refractivity contribution in [2.24, 2.45) is 0 Å². The molecule has 31 heavy (non-hydrogen) atoms. The molecule has 1 fully saturated rings. The third-order valence-corrected chi connectivity index (χ3v) is 5.77. The molecule has 3 aromatic rings. The van der Waals surface area contributed by atoms with Crippen LogP contribution >= 0.6 is 22.6 Å². The van der Waals surface area contributed by atoms with Gasteiger partial charge in [-0.2, -0.15) is 10.4 Å². The van der Waals surface area contributed by atoms with E-state index < -0.39 is 5.60 Å². The van der Waals surface area contributed by atoms with Gasteiger partial charge in [-0.1, -0.05) is 12.1 Å². The Bertz CT molecular complexity index is 1150. The van der Waals surface area contributed by atoms with Gasteiger partial charge in [0.1, 0.15) is 15.4 Å². The summed E-state index contributed by atoms with van der Waals surface area (Å²) in [5.74, 6) is 0. The fourth-order valence-electron chi connectivity index (χ4n) is 3.52. The first kappa shape index (κ1) is 21.4. The number of carbonyl (C=O) groups excluding carboxylic acids is 1. The monoisotopic (exact) mass is 530 g/mol. The lowest BCUT2D eigenvalue weighted by atomic mass is 10.0. The van der Waals surface area contributed by atoms with Gasteiger partial charge in [-0.3, -0.25) is 0 Å². The van der Waals surface area contributed by atoms with E-state index in [9.17, 15) is 10.1 Å². The van der Waals surface area contributed by atoms with Crippen LogP contribution in [0.3, 0.4) is 0 Å². The number of carbonyl (C=O) groups is 1. The number of fused-ring (bicyclic) bond motifs is 1. The number of halogens is 1. The molecular formula is C22H23IN6O2. The van der Waals surface area contributed by atoms with Gasteiger partial charge < -0.3 is 14.5 Å². The van der Waals surface area contributed by atoms with Gasteiger partial charge in [0.05, 0.1) is 6.20 Å². The minimum atomic E-state index is -0.487. The molecular weight excluding hydrogens is 507 g/mol. The molecule has 1 saturated heterocycles. The molecule has 8 nitrogen and oxygen atoms in total. The van der Waals surface area contributed by atoms with Gasteiger partial charge in [-0.25, -0.2) is 14.3 Å². The molecule has 4 rings (SSSR count). The average Bonchev–Trinajstić information content (AvgIpc) is 3.11. The highest BCUT2D eigenvalue weighted by atomic mass is 127. The summed E-state index contributed by atoms with van der Waals surface area (Å²) in [6.07, 6.45) is 1.47. The van der Waals surface area contributed by atoms with Crippen molar-refractivity contribution >= 4 is 40.0 Å². The summed E-state index contributed by atoms with van der Waals surface area (Å²) in [7, 11) is 0. The zero-order valence-corrected chi connectivity index (χ0v) is 19.8. The van der Waals surface area contributed by atoms with Gasteiger partial charge >= 0.3 is 6.09 Å². The molecule has 160 valence electrons. The lowest BCUT2D eigenvalue weighted by molar-refractivity contribution is 0.0240. The lowest BCUT2D eigenvalue weighted by Gasteiger charge is -2.36. The van der Waals surface area contributed by atoms with E-state index in [0.29, 0.717) is 24.4 Å². The number of nitriles is 1. The van der Waals surface area contributed by atoms with Crippen molar-refractivity contribution < 1.29 is 9.53 Å². The topological polar surface area (TPSA) is 86.8 Å². The van der Waals surface area contributed by atoms with Crippen LogP contribution in [-0.4, -0.2) is 57.4 Å². The summed E-state index contributed by atoms with van der Waals surface area (Å²) in [4.78, 5) is 20.6. The molecule has 0 bridgehead atoms. The van der Waals surface area contributed by atoms with Crippen molar-refractivity contribution in [3.8, 4) is 17.2 Å². The summed E-state index contributed by atoms with van der Waals surface area (Å²) in [5.41, 5.74) is 3.34. The second kappa shape index (κ2) is 8.34. The number of imidazole rings is 1. The quantitative estimate of drug-likeness (QED) is 0.467. The Kier molecular flexibility index (Phi) is 5.75. The summed E-state index contributed by atoms with van der Waals surface area (Å²) in [6, 6.07) is 12.2. The standard InChI is InChI=1S/C22H23IN6O2/c1-22(2,3)31-21(30)28-10-8-27(9-11-28)16-6-4-15(5-7-16)17-12-20-25-14-19(23)29(20)26-18(17)13-24/h4-7,12,14H,8-11H2,1-3H3. The third-order valence-electron chi connectivity index (χ3n) is 5.03. The smallest absolute Gasteiger partial charge is 0.410 e. The van der Waals surface area contributed by atoms with E-state index >= 15 is 0 Å². The molecule has 0 radical (unpaired) electrons. The molecule has 1 aromatic carbocycles. The number of benzene rings is 1. The van der Waals surface area contributed by atoms with E-state index in [4.69, 9.17) is 4.74 Å². The maximum Gasteiger partial charge on any atom is 0.410 e. The molecule has 0 unspecified atom stereocenters. The predicted octanol–water partition coefficient (Wildman–Crippen LogP) is 3.93. The van der Waals surface area contributed by atoms with E-state index in [2.05, 4.69) is 43.6 Å². The number of rotatable bonds is 2. The highest BCUT2D eigenvalue weighted by molar-refractivity contribution is 14.1. The number of piperazine rings is 1. The van der Waals surface area contributed by atoms with Crippen LogP contribution in [-0.2, 0) is 4.74 Å². The van der Waals surface area contributed by atoms with Crippen molar-refractivity contribution in [2.45, 2.75) is 26.4 Å². The Hall–Kier alpha value is -2.87. The minimum absolute atomic E-state index is 0.261. The molecule has 0 spiro atoms. The molecule has 0 N–H and O–H groups in total. The fourth-order valence-corrected chi connectivity index (χ4v) is 4.01. The van der Waals surface area contributed by atoms with Crippen LogP contribution in [0.15, 0.2) is 36.5 Å². The van der Waals surface area contributed by atoms with E-state index in [1.54, 1.807) is 15.6 Å². The Morgan fingerprint density at radius 1 is 1.16 bits per heavy atom. The molecule has 0 aliphatic carbocycles. The highest BCUT2D eigenvalue weighted by Gasteiger charge is 2.26. The maximum absolute atomic E-state index is 12.3. The Labute approximate surface area is 194 Å². The Morgan fingerprint density at radius 2 is 1.84 bits per heavy atom. The highest BCUT2D eigenvalue weighted by Crippen LogP contribution is 2.27. The first-order valence-electron chi connectivity index (χ1n) is 10.0. The van der Waals surface area contributed by atoms with Gasteiger partial charge in [0.2, 0.25) is 0 Å². The zero-order valence-electron chi connectivity index (χ0n) is 17.7. The summed E-state index contributed by atoms with van der Waals surface area (Å²) in [6.45, 7) is 8.34. The first-order chi connectivity index (χ1) is 14.7. The third kappa shape index (κ3) is 4.58. The van der Waals surface area contributed by atoms with Crippen LogP contribution in [0.25, 0.3) is 16.8 Å². The number of nitrogens with zero attached hydrogens (tertiary/aromatic N) is 6. The van der Waals surface area contributed by atoms with Crippen molar-refractivity contribution in [1.82, 2.24) is 19.5 Å². The van der Waals surface area contributed by atoms with Crippen molar-refractivity contribution in [3.05, 3.63) is 45.9 Å². The molecule has 0 atom stereocenters. The molecule has 3 heterocycles. The predicted molar refractivity (Wildman–Crippen MR) is 126 cm³/mol. The Balaban J connectivity index is 1.48. The number of aromatic nitrogens is 3. The van der Waals surface area contributed by atoms with Crippen LogP contribution in [0.1, 0.15) is 26.5 Å². The zero-order chi connectivity index (χ0) is 22.2. The van der Waals surface area contributed by atoms with Gasteiger partial charge in [0.25, 0.3) is 0 Å². The van der Waals surface area contributed by atoms with Crippen molar-refractivity contribution in [2.75, 3.05) is 31.1 Å². The molecule has 0 saturated carbocycles. The molecule has 1 aliphatic rings. The van der Waals surface area contributed by atoms with E-state index in [1.807, 2.05) is 51.1 Å². The van der Waals surface area contributed by atoms with Crippen LogP contribution < -0.4 is 4.90 Å². The Morgan fingerprint density at radius 3 is 2.45 bits per heavy atom. The molecule has 9 heteroatoms. The van der Waals surface area contributed by atoms with Gasteiger partial charge in [-0.05, 0) is 67.1 Å².